The van der Waals surface area contributed by atoms with E-state index >= 15 is 0 Å². The van der Waals surface area contributed by atoms with Gasteiger partial charge in [-0.3, -0.25) is 4.57 Å². The molecule has 4 heteroatoms. The van der Waals surface area contributed by atoms with Crippen LogP contribution in [-0.2, 0) is 4.57 Å². The van der Waals surface area contributed by atoms with E-state index in [1.807, 2.05) is 44.2 Å². The molecule has 0 bridgehead atoms. The summed E-state index contributed by atoms with van der Waals surface area (Å²) in [4.78, 5) is 0. The Hall–Kier alpha value is 0.0300. The van der Waals surface area contributed by atoms with Gasteiger partial charge in [-0.15, -0.1) is 0 Å². The first-order valence-corrected chi connectivity index (χ1v) is 8.05. The number of hydrogen-bond acceptors (Lipinski definition) is 1. The lowest BCUT2D eigenvalue weighted by atomic mass is 9.98. The molecule has 1 nitrogen and oxygen atoms in total. The van der Waals surface area contributed by atoms with Crippen molar-refractivity contribution < 1.29 is 4.57 Å². The van der Waals surface area contributed by atoms with Gasteiger partial charge in [-0.1, -0.05) is 44.2 Å². The minimum atomic E-state index is -3.03. The second kappa shape index (κ2) is 4.70. The first kappa shape index (κ1) is 12.1. The molecule has 2 atom stereocenters. The van der Waals surface area contributed by atoms with E-state index in [0.717, 1.165) is 5.56 Å². The number of halogens is 2. The predicted octanol–water partition coefficient (Wildman–Crippen LogP) is 4.85. The van der Waals surface area contributed by atoms with Crippen LogP contribution < -0.4 is 0 Å². The van der Waals surface area contributed by atoms with Crippen LogP contribution in [0.5, 0.6) is 0 Å². The molecule has 0 saturated carbocycles. The molecule has 2 unspecified atom stereocenters. The standard InChI is InChI=1S/C10H13Cl2OP/c1-8(9(2)14(11,12)13)10-6-4-3-5-7-10/h3-9H,1-2H3. The van der Waals surface area contributed by atoms with Gasteiger partial charge in [-0.25, -0.2) is 0 Å². The molecule has 0 aliphatic carbocycles. The van der Waals surface area contributed by atoms with Crippen molar-refractivity contribution in [3.63, 3.8) is 0 Å². The van der Waals surface area contributed by atoms with Crippen LogP contribution in [0.15, 0.2) is 30.3 Å². The van der Waals surface area contributed by atoms with Gasteiger partial charge in [-0.2, -0.15) is 0 Å². The normalized spacial score (nSPS) is 16.3. The number of rotatable bonds is 3. The van der Waals surface area contributed by atoms with Gasteiger partial charge < -0.3 is 0 Å². The summed E-state index contributed by atoms with van der Waals surface area (Å²) in [5.74, 6) is -2.93. The summed E-state index contributed by atoms with van der Waals surface area (Å²) in [7, 11) is 0. The van der Waals surface area contributed by atoms with Crippen LogP contribution in [0, 0.1) is 0 Å². The van der Waals surface area contributed by atoms with Crippen LogP contribution in [0.1, 0.15) is 25.3 Å². The zero-order valence-electron chi connectivity index (χ0n) is 8.15. The van der Waals surface area contributed by atoms with Gasteiger partial charge in [0.2, 0.25) is 0 Å². The molecule has 0 spiro atoms. The highest BCUT2D eigenvalue weighted by Crippen LogP contribution is 2.63. The van der Waals surface area contributed by atoms with Crippen molar-refractivity contribution in [1.29, 1.82) is 0 Å². The van der Waals surface area contributed by atoms with Crippen molar-refractivity contribution in [1.82, 2.24) is 0 Å². The van der Waals surface area contributed by atoms with Gasteiger partial charge in [0.05, 0.1) is 0 Å². The molecule has 0 aliphatic heterocycles. The van der Waals surface area contributed by atoms with E-state index in [1.165, 1.54) is 0 Å². The summed E-state index contributed by atoms with van der Waals surface area (Å²) in [5, 5.41) is 0. The molecule has 0 amide bonds. The van der Waals surface area contributed by atoms with Gasteiger partial charge in [0.1, 0.15) is 0 Å². The van der Waals surface area contributed by atoms with E-state index in [1.54, 1.807) is 0 Å². The Bertz CT molecular complexity index is 333. The Morgan fingerprint density at radius 1 is 1.14 bits per heavy atom. The van der Waals surface area contributed by atoms with Crippen LogP contribution in [0.2, 0.25) is 0 Å². The maximum atomic E-state index is 11.5. The third-order valence-electron chi connectivity index (χ3n) is 2.52. The second-order valence-corrected chi connectivity index (χ2v) is 8.79. The fourth-order valence-corrected chi connectivity index (χ4v) is 3.00. The third-order valence-corrected chi connectivity index (χ3v) is 5.77. The molecule has 0 radical (unpaired) electrons. The van der Waals surface area contributed by atoms with Crippen molar-refractivity contribution >= 4 is 28.3 Å². The van der Waals surface area contributed by atoms with Crippen LogP contribution in [0.25, 0.3) is 0 Å². The van der Waals surface area contributed by atoms with Crippen molar-refractivity contribution in [3.8, 4) is 0 Å². The molecule has 0 heterocycles. The zero-order chi connectivity index (χ0) is 10.8. The molecule has 1 aromatic rings. The van der Waals surface area contributed by atoms with Gasteiger partial charge in [0.25, 0.3) is 5.85 Å². The molecule has 0 N–H and O–H groups in total. The lowest BCUT2D eigenvalue weighted by Gasteiger charge is -2.20. The fraction of sp³-hybridized carbons (Fsp3) is 0.400. The Balaban J connectivity index is 2.87. The minimum absolute atomic E-state index is 0.108. The topological polar surface area (TPSA) is 17.1 Å². The first-order chi connectivity index (χ1) is 6.43. The molecular formula is C10H13Cl2OP. The molecule has 0 fully saturated rings. The van der Waals surface area contributed by atoms with Gasteiger partial charge in [0.15, 0.2) is 0 Å². The molecule has 14 heavy (non-hydrogen) atoms. The second-order valence-electron chi connectivity index (χ2n) is 3.44. The summed E-state index contributed by atoms with van der Waals surface area (Å²) in [5.41, 5.74) is 0.898. The lowest BCUT2D eigenvalue weighted by Crippen LogP contribution is -2.08. The SMILES string of the molecule is CC(c1ccccc1)C(C)P(=O)(Cl)Cl. The highest BCUT2D eigenvalue weighted by molar-refractivity contribution is 8.09. The Morgan fingerprint density at radius 2 is 1.64 bits per heavy atom. The molecule has 0 aliphatic rings. The summed E-state index contributed by atoms with van der Waals surface area (Å²) < 4.78 is 11.5. The average Bonchev–Trinajstić information content (AvgIpc) is 2.15. The van der Waals surface area contributed by atoms with Crippen LogP contribution in [0.4, 0.5) is 0 Å². The van der Waals surface area contributed by atoms with Gasteiger partial charge in [0, 0.05) is 5.66 Å². The zero-order valence-corrected chi connectivity index (χ0v) is 10.6. The number of benzene rings is 1. The quantitative estimate of drug-likeness (QED) is 0.702. The van der Waals surface area contributed by atoms with Gasteiger partial charge >= 0.3 is 0 Å². The average molecular weight is 251 g/mol. The van der Waals surface area contributed by atoms with E-state index in [0.29, 0.717) is 0 Å². The van der Waals surface area contributed by atoms with Crippen LogP contribution in [0.3, 0.4) is 0 Å². The maximum Gasteiger partial charge on any atom is 0.256 e. The lowest BCUT2D eigenvalue weighted by molar-refractivity contribution is 0.577. The Kier molecular flexibility index (Phi) is 4.06. The van der Waals surface area contributed by atoms with Gasteiger partial charge in [-0.05, 0) is 34.0 Å². The van der Waals surface area contributed by atoms with E-state index in [9.17, 15) is 4.57 Å². The van der Waals surface area contributed by atoms with E-state index in [-0.39, 0.29) is 11.6 Å². The highest BCUT2D eigenvalue weighted by atomic mass is 35.9. The Labute approximate surface area is 94.4 Å². The molecule has 1 rings (SSSR count). The van der Waals surface area contributed by atoms with E-state index in [2.05, 4.69) is 0 Å². The fourth-order valence-electron chi connectivity index (χ4n) is 1.30. The molecule has 1 aromatic carbocycles. The van der Waals surface area contributed by atoms with Crippen molar-refractivity contribution in [2.75, 3.05) is 0 Å². The summed E-state index contributed by atoms with van der Waals surface area (Å²) in [6.45, 7) is 3.80. The minimum Gasteiger partial charge on any atom is -0.289 e. The van der Waals surface area contributed by atoms with Crippen molar-refractivity contribution in [2.24, 2.45) is 0 Å². The molecule has 0 aromatic heterocycles. The summed E-state index contributed by atoms with van der Waals surface area (Å²) in [6, 6.07) is 9.83. The number of hydrogen-bond donors (Lipinski definition) is 0. The predicted molar refractivity (Wildman–Crippen MR) is 63.6 cm³/mol. The highest BCUT2D eigenvalue weighted by Gasteiger charge is 2.29. The van der Waals surface area contributed by atoms with E-state index in [4.69, 9.17) is 22.5 Å². The van der Waals surface area contributed by atoms with Crippen molar-refractivity contribution in [3.05, 3.63) is 35.9 Å². The van der Waals surface area contributed by atoms with Crippen molar-refractivity contribution in [2.45, 2.75) is 25.4 Å². The van der Waals surface area contributed by atoms with Crippen LogP contribution >= 0.6 is 28.3 Å². The maximum absolute atomic E-state index is 11.5. The molecule has 78 valence electrons. The summed E-state index contributed by atoms with van der Waals surface area (Å²) in [6.07, 6.45) is 0. The van der Waals surface area contributed by atoms with Crippen LogP contribution in [-0.4, -0.2) is 5.66 Å². The first-order valence-electron chi connectivity index (χ1n) is 4.47. The largest absolute Gasteiger partial charge is 0.289 e. The Morgan fingerprint density at radius 3 is 2.07 bits per heavy atom. The summed E-state index contributed by atoms with van der Waals surface area (Å²) >= 11 is 11.3. The molecule has 0 saturated heterocycles. The molecular weight excluding hydrogens is 238 g/mol. The monoisotopic (exact) mass is 250 g/mol. The van der Waals surface area contributed by atoms with E-state index < -0.39 is 5.85 Å². The third kappa shape index (κ3) is 3.02. The smallest absolute Gasteiger partial charge is 0.256 e.